The molecule has 0 radical (unpaired) electrons. The van der Waals surface area contributed by atoms with E-state index in [0.29, 0.717) is 6.42 Å². The maximum Gasteiger partial charge on any atom is 0.325 e. The molecule has 0 amide bonds. The fourth-order valence-electron chi connectivity index (χ4n) is 5.39. The van der Waals surface area contributed by atoms with Gasteiger partial charge in [0.2, 0.25) is 0 Å². The summed E-state index contributed by atoms with van der Waals surface area (Å²) in [6, 6.07) is 8.12. The van der Waals surface area contributed by atoms with Crippen molar-refractivity contribution < 1.29 is 19.1 Å². The number of rotatable bonds is 2. The Hall–Kier alpha value is -2.04. The summed E-state index contributed by atoms with van der Waals surface area (Å²) in [7, 11) is 4.61. The topological polar surface area (TPSA) is 55.8 Å². The first kappa shape index (κ1) is 16.8. The van der Waals surface area contributed by atoms with E-state index in [0.717, 1.165) is 11.3 Å². The van der Waals surface area contributed by atoms with Crippen molar-refractivity contribution in [3.05, 3.63) is 29.8 Å². The minimum atomic E-state index is -1.36. The standard InChI is InChI=1S/C19H25NO4/c1-12-11-19(15(21)23-5,16(22)24-6)18(3)17(12,2)13-9-7-8-10-14(13)20(18)4/h7-10,12H,11H2,1-6H3/t12-,17-,18+/m0/s1. The zero-order chi connectivity index (χ0) is 17.9. The van der Waals surface area contributed by atoms with Crippen LogP contribution < -0.4 is 4.90 Å². The molecule has 24 heavy (non-hydrogen) atoms. The van der Waals surface area contributed by atoms with E-state index >= 15 is 0 Å². The molecule has 1 aromatic carbocycles. The third kappa shape index (κ3) is 1.47. The first-order chi connectivity index (χ1) is 11.2. The molecule has 130 valence electrons. The average molecular weight is 331 g/mol. The molecule has 1 fully saturated rings. The monoisotopic (exact) mass is 331 g/mol. The molecule has 3 atom stereocenters. The van der Waals surface area contributed by atoms with E-state index < -0.39 is 22.9 Å². The lowest BCUT2D eigenvalue weighted by atomic mass is 9.61. The molecular weight excluding hydrogens is 306 g/mol. The predicted octanol–water partition coefficient (Wildman–Crippen LogP) is 2.53. The van der Waals surface area contributed by atoms with E-state index in [1.807, 2.05) is 32.2 Å². The van der Waals surface area contributed by atoms with Gasteiger partial charge >= 0.3 is 11.9 Å². The average Bonchev–Trinajstić information content (AvgIpc) is 2.90. The summed E-state index contributed by atoms with van der Waals surface area (Å²) < 4.78 is 10.2. The van der Waals surface area contributed by atoms with Gasteiger partial charge in [-0.2, -0.15) is 0 Å². The van der Waals surface area contributed by atoms with Crippen LogP contribution in [0.5, 0.6) is 0 Å². The molecule has 5 nitrogen and oxygen atoms in total. The Morgan fingerprint density at radius 2 is 1.67 bits per heavy atom. The van der Waals surface area contributed by atoms with Gasteiger partial charge in [0, 0.05) is 18.2 Å². The zero-order valence-electron chi connectivity index (χ0n) is 15.2. The molecule has 1 saturated carbocycles. The van der Waals surface area contributed by atoms with Crippen LogP contribution in [0.3, 0.4) is 0 Å². The molecule has 0 aromatic heterocycles. The molecule has 0 bridgehead atoms. The van der Waals surface area contributed by atoms with Crippen LogP contribution >= 0.6 is 0 Å². The summed E-state index contributed by atoms with van der Waals surface area (Å²) in [5, 5.41) is 0. The van der Waals surface area contributed by atoms with Gasteiger partial charge in [0.25, 0.3) is 0 Å². The molecule has 2 aliphatic rings. The molecule has 1 aromatic rings. The number of hydrogen-bond acceptors (Lipinski definition) is 5. The van der Waals surface area contributed by atoms with Gasteiger partial charge in [0.15, 0.2) is 5.41 Å². The lowest BCUT2D eigenvalue weighted by molar-refractivity contribution is -0.173. The molecule has 0 saturated heterocycles. The van der Waals surface area contributed by atoms with Crippen molar-refractivity contribution in [3.8, 4) is 0 Å². The van der Waals surface area contributed by atoms with E-state index in [9.17, 15) is 9.59 Å². The molecule has 1 aliphatic carbocycles. The highest BCUT2D eigenvalue weighted by Gasteiger charge is 2.78. The van der Waals surface area contributed by atoms with Crippen molar-refractivity contribution in [1.29, 1.82) is 0 Å². The number of carbonyl (C=O) groups excluding carboxylic acids is 2. The van der Waals surface area contributed by atoms with Gasteiger partial charge in [-0.15, -0.1) is 0 Å². The SMILES string of the molecule is COC(=O)C1(C(=O)OC)C[C@H](C)[C@@]2(C)c3ccccc3N(C)[C@@]12C. The lowest BCUT2D eigenvalue weighted by Gasteiger charge is -2.48. The van der Waals surface area contributed by atoms with Crippen molar-refractivity contribution >= 4 is 17.6 Å². The van der Waals surface area contributed by atoms with Gasteiger partial charge < -0.3 is 14.4 Å². The second-order valence-electron chi connectivity index (χ2n) is 7.34. The molecule has 5 heteroatoms. The summed E-state index contributed by atoms with van der Waals surface area (Å²) in [5.74, 6) is -0.939. The number of benzene rings is 1. The van der Waals surface area contributed by atoms with Crippen molar-refractivity contribution in [3.63, 3.8) is 0 Å². The van der Waals surface area contributed by atoms with Crippen LogP contribution in [0.4, 0.5) is 5.69 Å². The third-order valence-corrected chi connectivity index (χ3v) is 7.00. The van der Waals surface area contributed by atoms with Crippen molar-refractivity contribution in [2.75, 3.05) is 26.2 Å². The van der Waals surface area contributed by atoms with Crippen molar-refractivity contribution in [2.24, 2.45) is 11.3 Å². The second kappa shape index (κ2) is 4.98. The van der Waals surface area contributed by atoms with Gasteiger partial charge in [-0.1, -0.05) is 32.0 Å². The molecule has 1 aliphatic heterocycles. The molecule has 0 N–H and O–H groups in total. The summed E-state index contributed by atoms with van der Waals surface area (Å²) in [5.41, 5.74) is -0.300. The van der Waals surface area contributed by atoms with Gasteiger partial charge in [0.1, 0.15) is 0 Å². The van der Waals surface area contributed by atoms with Gasteiger partial charge in [-0.25, -0.2) is 0 Å². The first-order valence-corrected chi connectivity index (χ1v) is 8.23. The molecule has 0 unspecified atom stereocenters. The molecule has 0 spiro atoms. The molecule has 1 heterocycles. The number of fused-ring (bicyclic) bond motifs is 3. The van der Waals surface area contributed by atoms with Crippen LogP contribution in [0.25, 0.3) is 0 Å². The van der Waals surface area contributed by atoms with E-state index in [1.165, 1.54) is 14.2 Å². The van der Waals surface area contributed by atoms with Crippen LogP contribution in [0.2, 0.25) is 0 Å². The molecule has 3 rings (SSSR count). The Balaban J connectivity index is 2.36. The number of methoxy groups -OCH3 is 2. The van der Waals surface area contributed by atoms with E-state index in [4.69, 9.17) is 9.47 Å². The predicted molar refractivity (Wildman–Crippen MR) is 90.8 cm³/mol. The van der Waals surface area contributed by atoms with Crippen molar-refractivity contribution in [1.82, 2.24) is 0 Å². The Morgan fingerprint density at radius 1 is 1.12 bits per heavy atom. The normalized spacial score (nSPS) is 32.9. The highest BCUT2D eigenvalue weighted by atomic mass is 16.5. The van der Waals surface area contributed by atoms with Gasteiger partial charge in [-0.05, 0) is 30.9 Å². The number of para-hydroxylation sites is 1. The number of likely N-dealkylation sites (N-methyl/N-ethyl adjacent to an activating group) is 1. The summed E-state index contributed by atoms with van der Waals surface area (Å²) in [6.45, 7) is 6.24. The number of anilines is 1. The van der Waals surface area contributed by atoms with E-state index in [1.54, 1.807) is 0 Å². The van der Waals surface area contributed by atoms with Crippen LogP contribution in [0.15, 0.2) is 24.3 Å². The van der Waals surface area contributed by atoms with Gasteiger partial charge in [-0.3, -0.25) is 9.59 Å². The minimum absolute atomic E-state index is 0.104. The third-order valence-electron chi connectivity index (χ3n) is 7.00. The number of esters is 2. The smallest absolute Gasteiger partial charge is 0.325 e. The summed E-state index contributed by atoms with van der Waals surface area (Å²) >= 11 is 0. The molecular formula is C19H25NO4. The Labute approximate surface area is 142 Å². The van der Waals surface area contributed by atoms with Crippen LogP contribution in [0.1, 0.15) is 32.8 Å². The highest BCUT2D eigenvalue weighted by molar-refractivity contribution is 6.04. The zero-order valence-corrected chi connectivity index (χ0v) is 15.2. The summed E-state index contributed by atoms with van der Waals surface area (Å²) in [4.78, 5) is 27.9. The van der Waals surface area contributed by atoms with E-state index in [2.05, 4.69) is 24.8 Å². The number of ether oxygens (including phenoxy) is 2. The Morgan fingerprint density at radius 3 is 2.21 bits per heavy atom. The fraction of sp³-hybridized carbons (Fsp3) is 0.579. The Bertz CT molecular complexity index is 699. The van der Waals surface area contributed by atoms with Crippen LogP contribution in [0, 0.1) is 11.3 Å². The largest absolute Gasteiger partial charge is 0.468 e. The minimum Gasteiger partial charge on any atom is -0.468 e. The fourth-order valence-corrected chi connectivity index (χ4v) is 5.39. The maximum absolute atomic E-state index is 12.9. The first-order valence-electron chi connectivity index (χ1n) is 8.23. The highest BCUT2D eigenvalue weighted by Crippen LogP contribution is 2.69. The summed E-state index contributed by atoms with van der Waals surface area (Å²) in [6.07, 6.45) is 0.401. The van der Waals surface area contributed by atoms with Crippen molar-refractivity contribution in [2.45, 2.75) is 38.1 Å². The van der Waals surface area contributed by atoms with Gasteiger partial charge in [0.05, 0.1) is 19.8 Å². The maximum atomic E-state index is 12.9. The lowest BCUT2D eigenvalue weighted by Crippen LogP contribution is -2.65. The van der Waals surface area contributed by atoms with Crippen LogP contribution in [-0.2, 0) is 24.5 Å². The number of carbonyl (C=O) groups is 2. The Kier molecular flexibility index (Phi) is 3.49. The number of hydrogen-bond donors (Lipinski definition) is 0. The quantitative estimate of drug-likeness (QED) is 0.616. The second-order valence-corrected chi connectivity index (χ2v) is 7.34. The van der Waals surface area contributed by atoms with Crippen LogP contribution in [-0.4, -0.2) is 38.7 Å². The number of nitrogens with zero attached hydrogens (tertiary/aromatic N) is 1. The van der Waals surface area contributed by atoms with E-state index in [-0.39, 0.29) is 11.3 Å².